The van der Waals surface area contributed by atoms with Crippen LogP contribution >= 0.6 is 12.1 Å². The molecule has 4 rings (SSSR count). The maximum atomic E-state index is 15.1. The van der Waals surface area contributed by atoms with E-state index in [2.05, 4.69) is 14.9 Å². The molecule has 0 fully saturated rings. The maximum Gasteiger partial charge on any atom is 0.416 e. The zero-order valence-electron chi connectivity index (χ0n) is 18.7. The fourth-order valence-corrected chi connectivity index (χ4v) is 3.93. The molecule has 0 aliphatic carbocycles. The van der Waals surface area contributed by atoms with Crippen LogP contribution in [0.2, 0.25) is 0 Å². The van der Waals surface area contributed by atoms with E-state index in [4.69, 9.17) is 9.47 Å². The fourth-order valence-electron chi connectivity index (χ4n) is 3.50. The van der Waals surface area contributed by atoms with Crippen molar-refractivity contribution in [2.75, 3.05) is 18.8 Å². The molecule has 8 nitrogen and oxygen atoms in total. The van der Waals surface area contributed by atoms with Crippen LogP contribution in [0.1, 0.15) is 25.0 Å². The van der Waals surface area contributed by atoms with E-state index < -0.39 is 17.4 Å². The number of carbonyl (C=O) groups is 1. The molecule has 3 aromatic rings. The van der Waals surface area contributed by atoms with Crippen LogP contribution in [0.25, 0.3) is 0 Å². The van der Waals surface area contributed by atoms with Gasteiger partial charge in [-0.05, 0) is 52.2 Å². The standard InChI is InChI=1S/C23H24FN5O3S/c1-23(2)17-11-10-16(31-20-9-6-12-25-26-20)13-19(17)32-22(30)29(23)14-15-7-5-8-18(21(15)24)27-33-28(3)4/h5-13,27H,14H2,1-4H3. The number of halogens is 1. The van der Waals surface area contributed by atoms with Crippen LogP contribution in [-0.4, -0.2) is 39.6 Å². The van der Waals surface area contributed by atoms with E-state index >= 15 is 4.39 Å². The number of anilines is 1. The van der Waals surface area contributed by atoms with E-state index in [9.17, 15) is 4.79 Å². The summed E-state index contributed by atoms with van der Waals surface area (Å²) in [5, 5.41) is 7.67. The predicted molar refractivity (Wildman–Crippen MR) is 124 cm³/mol. The average Bonchev–Trinajstić information content (AvgIpc) is 2.77. The zero-order valence-corrected chi connectivity index (χ0v) is 19.5. The van der Waals surface area contributed by atoms with Crippen LogP contribution in [0, 0.1) is 5.82 Å². The zero-order chi connectivity index (χ0) is 23.6. The molecule has 0 radical (unpaired) electrons. The molecule has 0 saturated carbocycles. The van der Waals surface area contributed by atoms with E-state index in [1.807, 2.05) is 38.3 Å². The second-order valence-corrected chi connectivity index (χ2v) is 9.24. The Labute approximate surface area is 196 Å². The van der Waals surface area contributed by atoms with E-state index in [1.54, 1.807) is 48.7 Å². The minimum absolute atomic E-state index is 0.0527. The molecule has 10 heteroatoms. The maximum absolute atomic E-state index is 15.1. The van der Waals surface area contributed by atoms with Gasteiger partial charge in [-0.2, -0.15) is 5.10 Å². The number of nitrogens with one attached hydrogen (secondary N) is 1. The first-order chi connectivity index (χ1) is 15.8. The first-order valence-electron chi connectivity index (χ1n) is 10.2. The molecule has 0 bridgehead atoms. The Morgan fingerprint density at radius 1 is 1.21 bits per heavy atom. The Morgan fingerprint density at radius 3 is 2.76 bits per heavy atom. The Balaban J connectivity index is 1.58. The summed E-state index contributed by atoms with van der Waals surface area (Å²) in [6.07, 6.45) is 0.985. The molecule has 0 saturated heterocycles. The second-order valence-electron chi connectivity index (χ2n) is 8.12. The van der Waals surface area contributed by atoms with Gasteiger partial charge in [0.25, 0.3) is 0 Å². The van der Waals surface area contributed by atoms with Crippen molar-refractivity contribution in [2.45, 2.75) is 25.9 Å². The van der Waals surface area contributed by atoms with Gasteiger partial charge < -0.3 is 14.2 Å². The summed E-state index contributed by atoms with van der Waals surface area (Å²) in [4.78, 5) is 14.5. The minimum atomic E-state index is -0.746. The van der Waals surface area contributed by atoms with E-state index in [-0.39, 0.29) is 6.54 Å². The molecule has 172 valence electrons. The largest absolute Gasteiger partial charge is 0.437 e. The highest BCUT2D eigenvalue weighted by molar-refractivity contribution is 7.98. The molecular weight excluding hydrogens is 445 g/mol. The lowest BCUT2D eigenvalue weighted by Crippen LogP contribution is -2.50. The number of nitrogens with zero attached hydrogens (tertiary/aromatic N) is 4. The van der Waals surface area contributed by atoms with Gasteiger partial charge in [0.1, 0.15) is 11.5 Å². The molecule has 1 aliphatic heterocycles. The van der Waals surface area contributed by atoms with Crippen LogP contribution < -0.4 is 14.2 Å². The molecule has 0 unspecified atom stereocenters. The number of amides is 1. The lowest BCUT2D eigenvalue weighted by molar-refractivity contribution is 0.0735. The van der Waals surface area contributed by atoms with Crippen LogP contribution in [0.4, 0.5) is 14.9 Å². The molecule has 1 aromatic heterocycles. The number of hydrogen-bond acceptors (Lipinski definition) is 8. The number of rotatable bonds is 7. The molecule has 0 atom stereocenters. The number of benzene rings is 2. The number of ether oxygens (including phenoxy) is 2. The third-order valence-corrected chi connectivity index (χ3v) is 5.90. The average molecular weight is 470 g/mol. The minimum Gasteiger partial charge on any atom is -0.437 e. The first kappa shape index (κ1) is 22.8. The molecule has 2 aromatic carbocycles. The van der Waals surface area contributed by atoms with Gasteiger partial charge in [0.15, 0.2) is 5.82 Å². The summed E-state index contributed by atoms with van der Waals surface area (Å²) in [7, 11) is 3.71. The normalized spacial score (nSPS) is 14.6. The summed E-state index contributed by atoms with van der Waals surface area (Å²) in [5.41, 5.74) is 0.770. The van der Waals surface area contributed by atoms with E-state index in [0.717, 1.165) is 5.56 Å². The van der Waals surface area contributed by atoms with E-state index in [0.29, 0.717) is 28.6 Å². The number of hydrogen-bond donors (Lipinski definition) is 1. The van der Waals surface area contributed by atoms with E-state index in [1.165, 1.54) is 17.0 Å². The molecule has 1 aliphatic rings. The molecule has 2 heterocycles. The highest BCUT2D eigenvalue weighted by Gasteiger charge is 2.41. The van der Waals surface area contributed by atoms with Crippen LogP contribution in [0.3, 0.4) is 0 Å². The quantitative estimate of drug-likeness (QED) is 0.474. The lowest BCUT2D eigenvalue weighted by atomic mass is 9.89. The third-order valence-electron chi connectivity index (χ3n) is 5.22. The Morgan fingerprint density at radius 2 is 2.03 bits per heavy atom. The van der Waals surface area contributed by atoms with Gasteiger partial charge in [-0.25, -0.2) is 13.5 Å². The Kier molecular flexibility index (Phi) is 6.39. The molecule has 1 amide bonds. The monoisotopic (exact) mass is 469 g/mol. The Hall–Kier alpha value is -3.37. The van der Waals surface area contributed by atoms with Gasteiger partial charge in [0, 0.05) is 41.6 Å². The third kappa shape index (κ3) is 4.86. The van der Waals surface area contributed by atoms with Gasteiger partial charge in [-0.15, -0.1) is 5.10 Å². The summed E-state index contributed by atoms with van der Waals surface area (Å²) >= 11 is 1.26. The molecule has 1 N–H and O–H groups in total. The Bertz CT molecular complexity index is 1160. The van der Waals surface area contributed by atoms with Crippen molar-refractivity contribution in [2.24, 2.45) is 0 Å². The molecular formula is C23H24FN5O3S. The van der Waals surface area contributed by atoms with Crippen molar-refractivity contribution in [3.8, 4) is 17.4 Å². The molecule has 0 spiro atoms. The van der Waals surface area contributed by atoms with Crippen molar-refractivity contribution < 1.29 is 18.7 Å². The SMILES string of the molecule is CN(C)SNc1cccc(CN2C(=O)Oc3cc(Oc4cccnn4)ccc3C2(C)C)c1F. The number of fused-ring (bicyclic) bond motifs is 1. The van der Waals surface area contributed by atoms with Crippen molar-refractivity contribution >= 4 is 23.9 Å². The first-order valence-corrected chi connectivity index (χ1v) is 11.0. The highest BCUT2D eigenvalue weighted by Crippen LogP contribution is 2.42. The highest BCUT2D eigenvalue weighted by atomic mass is 32.2. The van der Waals surface area contributed by atoms with Gasteiger partial charge in [0.2, 0.25) is 5.88 Å². The van der Waals surface area contributed by atoms with Gasteiger partial charge in [-0.3, -0.25) is 4.90 Å². The van der Waals surface area contributed by atoms with Crippen molar-refractivity contribution in [3.63, 3.8) is 0 Å². The fraction of sp³-hybridized carbons (Fsp3) is 0.261. The summed E-state index contributed by atoms with van der Waals surface area (Å²) < 4.78 is 31.2. The number of carbonyl (C=O) groups excluding carboxylic acids is 1. The topological polar surface area (TPSA) is 79.8 Å². The summed E-state index contributed by atoms with van der Waals surface area (Å²) in [6, 6.07) is 13.7. The smallest absolute Gasteiger partial charge is 0.416 e. The van der Waals surface area contributed by atoms with Gasteiger partial charge >= 0.3 is 6.09 Å². The number of aromatic nitrogens is 2. The van der Waals surface area contributed by atoms with Gasteiger partial charge in [-0.1, -0.05) is 12.1 Å². The summed E-state index contributed by atoms with van der Waals surface area (Å²) in [5.74, 6) is 0.779. The van der Waals surface area contributed by atoms with Crippen molar-refractivity contribution in [1.82, 2.24) is 19.4 Å². The van der Waals surface area contributed by atoms with Crippen LogP contribution in [0.15, 0.2) is 54.7 Å². The van der Waals surface area contributed by atoms with Crippen LogP contribution in [0.5, 0.6) is 17.4 Å². The second kappa shape index (κ2) is 9.24. The summed E-state index contributed by atoms with van der Waals surface area (Å²) in [6.45, 7) is 3.85. The van der Waals surface area contributed by atoms with Crippen molar-refractivity contribution in [3.05, 3.63) is 71.7 Å². The van der Waals surface area contributed by atoms with Crippen molar-refractivity contribution in [1.29, 1.82) is 0 Å². The van der Waals surface area contributed by atoms with Crippen LogP contribution in [-0.2, 0) is 12.1 Å². The lowest BCUT2D eigenvalue weighted by Gasteiger charge is -2.42. The molecule has 33 heavy (non-hydrogen) atoms. The predicted octanol–water partition coefficient (Wildman–Crippen LogP) is 5.19. The van der Waals surface area contributed by atoms with Gasteiger partial charge in [0.05, 0.1) is 17.8 Å².